The first-order valence-corrected chi connectivity index (χ1v) is 40.7. The van der Waals surface area contributed by atoms with E-state index >= 15 is 0 Å². The Balaban J connectivity index is 0.998. The molecule has 0 aliphatic carbocycles. The number of para-hydroxylation sites is 5. The molecule has 16 aromatic rings. The fraction of sp³-hybridized carbons (Fsp3) is 0.264. The van der Waals surface area contributed by atoms with Crippen LogP contribution in [0, 0.1) is 0 Å². The van der Waals surface area contributed by atoms with Gasteiger partial charge < -0.3 is 23.5 Å². The molecule has 0 unspecified atom stereocenters. The second-order valence-electron chi connectivity index (χ2n) is 39.6. The lowest BCUT2D eigenvalue weighted by molar-refractivity contribution is 0.568. The molecule has 0 saturated heterocycles. The number of rotatable bonds is 7. The molecule has 2 aliphatic rings. The molecule has 18 rings (SSSR count). The molecule has 3 aromatic heterocycles. The normalized spacial score (nSPS) is 13.7. The van der Waals surface area contributed by atoms with E-state index in [0.29, 0.717) is 0 Å². The van der Waals surface area contributed by atoms with Crippen LogP contribution in [0.3, 0.4) is 0 Å². The molecule has 0 N–H and O–H groups in total. The van der Waals surface area contributed by atoms with Gasteiger partial charge in [0.2, 0.25) is 0 Å². The van der Waals surface area contributed by atoms with E-state index in [1.54, 1.807) is 0 Å². The van der Waals surface area contributed by atoms with Gasteiger partial charge in [-0.1, -0.05) is 297 Å². The Morgan fingerprint density at radius 1 is 0.205 bits per heavy atom. The van der Waals surface area contributed by atoms with E-state index in [0.717, 1.165) is 45.3 Å². The third-order valence-corrected chi connectivity index (χ3v) is 24.6. The molecule has 0 spiro atoms. The number of fused-ring (bicyclic) bond motifs is 13. The van der Waals surface area contributed by atoms with Crippen LogP contribution in [0.25, 0.3) is 105 Å². The van der Waals surface area contributed by atoms with Gasteiger partial charge in [-0.25, -0.2) is 0 Å². The van der Waals surface area contributed by atoms with E-state index in [2.05, 4.69) is 430 Å². The lowest BCUT2D eigenvalue weighted by Crippen LogP contribution is -2.61. The van der Waals surface area contributed by atoms with E-state index < -0.39 is 0 Å². The van der Waals surface area contributed by atoms with Crippen LogP contribution in [0.15, 0.2) is 261 Å². The van der Waals surface area contributed by atoms with Crippen molar-refractivity contribution in [1.29, 1.82) is 0 Å². The van der Waals surface area contributed by atoms with Crippen LogP contribution in [-0.4, -0.2) is 20.4 Å². The van der Waals surface area contributed by atoms with Crippen molar-refractivity contribution in [3.8, 4) is 39.3 Å². The van der Waals surface area contributed by atoms with Gasteiger partial charge in [-0.3, -0.25) is 0 Å². The molecule has 0 saturated carbocycles. The number of anilines is 6. The van der Waals surface area contributed by atoms with Gasteiger partial charge in [0.1, 0.15) is 0 Å². The number of hydrogen-bond donors (Lipinski definition) is 0. The summed E-state index contributed by atoms with van der Waals surface area (Å²) < 4.78 is 7.55. The zero-order valence-electron chi connectivity index (χ0n) is 69.6. The summed E-state index contributed by atoms with van der Waals surface area (Å²) in [7, 11) is 0. The fourth-order valence-corrected chi connectivity index (χ4v) is 18.1. The van der Waals surface area contributed by atoms with Crippen LogP contribution < -0.4 is 26.2 Å². The fourth-order valence-electron chi connectivity index (χ4n) is 18.1. The molecule has 13 aromatic carbocycles. The molecule has 0 bridgehead atoms. The monoisotopic (exact) mass is 1460 g/mol. The largest absolute Gasteiger partial charge is 0.311 e. The number of benzene rings is 13. The number of aromatic nitrogens is 3. The van der Waals surface area contributed by atoms with Crippen molar-refractivity contribution in [3.63, 3.8) is 0 Å². The average Bonchev–Trinajstić information content (AvgIpc) is 0.796. The number of nitrogens with zero attached hydrogens (tertiary/aromatic N) is 5. The minimum atomic E-state index is -0.313. The summed E-state index contributed by atoms with van der Waals surface area (Å²) in [6.07, 6.45) is 0. The van der Waals surface area contributed by atoms with Crippen LogP contribution in [0.1, 0.15) is 184 Å². The van der Waals surface area contributed by atoms with Crippen LogP contribution in [0.5, 0.6) is 0 Å². The van der Waals surface area contributed by atoms with Gasteiger partial charge in [0.05, 0.1) is 44.5 Å². The van der Waals surface area contributed by atoms with Crippen molar-refractivity contribution in [3.05, 3.63) is 300 Å². The predicted octanol–water partition coefficient (Wildman–Crippen LogP) is 27.5. The van der Waals surface area contributed by atoms with Crippen molar-refractivity contribution < 1.29 is 0 Å². The maximum Gasteiger partial charge on any atom is 0.252 e. The highest BCUT2D eigenvalue weighted by Gasteiger charge is 2.46. The zero-order valence-corrected chi connectivity index (χ0v) is 69.6. The molecule has 112 heavy (non-hydrogen) atoms. The molecule has 558 valence electrons. The second kappa shape index (κ2) is 25.2. The second-order valence-corrected chi connectivity index (χ2v) is 39.6. The Morgan fingerprint density at radius 3 is 0.857 bits per heavy atom. The zero-order chi connectivity index (χ0) is 78.6. The van der Waals surface area contributed by atoms with Gasteiger partial charge in [-0.2, -0.15) is 0 Å². The highest BCUT2D eigenvalue weighted by atomic mass is 15.2. The van der Waals surface area contributed by atoms with Gasteiger partial charge in [0.25, 0.3) is 6.71 Å². The topological polar surface area (TPSA) is 21.3 Å². The van der Waals surface area contributed by atoms with E-state index in [-0.39, 0.29) is 44.6 Å². The lowest BCUT2D eigenvalue weighted by Gasteiger charge is -2.46. The lowest BCUT2D eigenvalue weighted by atomic mass is 9.33. The van der Waals surface area contributed by atoms with Crippen LogP contribution >= 0.6 is 0 Å². The van der Waals surface area contributed by atoms with Crippen molar-refractivity contribution in [1.82, 2.24) is 13.7 Å². The molecule has 0 amide bonds. The van der Waals surface area contributed by atoms with Gasteiger partial charge in [0.15, 0.2) is 0 Å². The SMILES string of the molecule is CC(C)(C)c1cc(-c2cc(C(C)(C)C)ccc2N2c3cc(-n4c5ccccc5c5ccccc54)ccc3B3c4ccc(-n5c6ccccc6c6cc7c(cc65)c5ccccc5n7-c5ccccc5)cc4N(c4ccc(C(C)(C)C)cc4-c4cc(C(C)(C)C)cc(C(C)(C)C)c4)c4cc(C(C)(C)C)cc2c43)cc(C(C)(C)C)c1. The first kappa shape index (κ1) is 72.5. The summed E-state index contributed by atoms with van der Waals surface area (Å²) >= 11 is 0. The Kier molecular flexibility index (Phi) is 16.3. The van der Waals surface area contributed by atoms with Crippen molar-refractivity contribution in [2.75, 3.05) is 9.80 Å². The van der Waals surface area contributed by atoms with Crippen molar-refractivity contribution in [2.24, 2.45) is 0 Å². The Morgan fingerprint density at radius 2 is 0.509 bits per heavy atom. The van der Waals surface area contributed by atoms with Crippen LogP contribution in [0.2, 0.25) is 0 Å². The summed E-state index contributed by atoms with van der Waals surface area (Å²) in [5.74, 6) is 0. The Labute approximate surface area is 664 Å². The van der Waals surface area contributed by atoms with Crippen LogP contribution in [-0.2, 0) is 37.9 Å². The first-order chi connectivity index (χ1) is 53.0. The van der Waals surface area contributed by atoms with Gasteiger partial charge in [-0.05, 0) is 214 Å². The third-order valence-electron chi connectivity index (χ3n) is 24.6. The summed E-state index contributed by atoms with van der Waals surface area (Å²) in [5, 5.41) is 7.36. The van der Waals surface area contributed by atoms with Crippen molar-refractivity contribution >= 4 is 123 Å². The summed E-state index contributed by atoms with van der Waals surface area (Å²) in [4.78, 5) is 5.48. The molecule has 0 radical (unpaired) electrons. The van der Waals surface area contributed by atoms with Crippen molar-refractivity contribution in [2.45, 2.75) is 183 Å². The molecule has 5 heterocycles. The molecule has 2 aliphatic heterocycles. The van der Waals surface area contributed by atoms with Crippen LogP contribution in [0.4, 0.5) is 34.1 Å². The molecule has 6 heteroatoms. The smallest absolute Gasteiger partial charge is 0.252 e. The van der Waals surface area contributed by atoms with Gasteiger partial charge in [0, 0.05) is 83.3 Å². The van der Waals surface area contributed by atoms with E-state index in [9.17, 15) is 0 Å². The summed E-state index contributed by atoms with van der Waals surface area (Å²) in [6.45, 7) is 49.8. The maximum absolute atomic E-state index is 2.74. The minimum Gasteiger partial charge on any atom is -0.311 e. The number of hydrogen-bond acceptors (Lipinski definition) is 2. The van der Waals surface area contributed by atoms with E-state index in [1.807, 2.05) is 0 Å². The standard InChI is InChI=1S/C106H106BN5/c1-100(2,3)67-43-49-91(81(57-67)65-51-69(102(7,8)9)55-70(52-65)103(10,11)12)111-95-61-75(109-87-39-29-25-35-77(87)78-36-26-30-40-88(78)109)45-47-85(95)107-86-48-46-76(110-90-42-32-28-38-80(90)84-63-93-83(64-94(84)110)79-37-27-31-41-89(79)108(93)74-33-23-22-24-34-74)62-96(86)112(98-60-73(106(19,20)21)59-97(111)99(98)107)92-50-44-68(101(4,5)6)58-82(92)66-53-71(104(13,14)15)56-72(54-66)105(16,17)18/h22-64H,1-21H3. The Hall–Kier alpha value is -11.1. The first-order valence-electron chi connectivity index (χ1n) is 40.7. The van der Waals surface area contributed by atoms with Gasteiger partial charge in [-0.15, -0.1) is 0 Å². The molecular formula is C106H106BN5. The van der Waals surface area contributed by atoms with E-state index in [4.69, 9.17) is 0 Å². The highest BCUT2D eigenvalue weighted by molar-refractivity contribution is 7.00. The maximum atomic E-state index is 2.74. The predicted molar refractivity (Wildman–Crippen MR) is 485 cm³/mol. The highest BCUT2D eigenvalue weighted by Crippen LogP contribution is 2.54. The van der Waals surface area contributed by atoms with Gasteiger partial charge >= 0.3 is 0 Å². The summed E-state index contributed by atoms with van der Waals surface area (Å²) in [6, 6.07) is 102. The Bertz CT molecular complexity index is 6440. The molecular weight excluding hydrogens is 1350 g/mol. The average molecular weight is 1460 g/mol. The summed E-state index contributed by atoms with van der Waals surface area (Å²) in [5.41, 5.74) is 34.1. The molecule has 0 fully saturated rings. The molecule has 0 atom stereocenters. The molecule has 5 nitrogen and oxygen atoms in total. The van der Waals surface area contributed by atoms with E-state index in [1.165, 1.54) is 149 Å². The third kappa shape index (κ3) is 11.9. The quantitative estimate of drug-likeness (QED) is 0.148. The minimum absolute atomic E-state index is 0.124.